The molecule has 0 aliphatic rings. The lowest BCUT2D eigenvalue weighted by Gasteiger charge is -2.14. The third-order valence-electron chi connectivity index (χ3n) is 2.21. The monoisotopic (exact) mass is 277 g/mol. The molecule has 2 unspecified atom stereocenters. The topological polar surface area (TPSA) is 69.3 Å². The molecule has 1 rings (SSSR count). The molecule has 0 aromatic carbocycles. The standard InChI is InChI=1S/C10H10F3N3OS/c1-2-8(18(17)16-6-14)7-3-4-9(15-5-7)10(11,12)13/h3-5,8H,2H2,1H3,(H,16,17). The maximum Gasteiger partial charge on any atom is 0.433 e. The van der Waals surface area contributed by atoms with Crippen molar-refractivity contribution in [1.82, 2.24) is 4.98 Å². The summed E-state index contributed by atoms with van der Waals surface area (Å²) in [6.07, 6.45) is -1.52. The molecule has 0 bridgehead atoms. The maximum absolute atomic E-state index is 12.3. The van der Waals surface area contributed by atoms with Gasteiger partial charge in [-0.3, -0.25) is 4.98 Å². The zero-order valence-corrected chi connectivity index (χ0v) is 10.2. The van der Waals surface area contributed by atoms with Crippen LogP contribution >= 0.6 is 0 Å². The second-order valence-electron chi connectivity index (χ2n) is 3.36. The molecule has 1 aromatic rings. The van der Waals surface area contributed by atoms with Crippen molar-refractivity contribution in [3.63, 3.8) is 0 Å². The summed E-state index contributed by atoms with van der Waals surface area (Å²) in [6, 6.07) is 2.09. The predicted molar refractivity (Wildman–Crippen MR) is 60.3 cm³/mol. The van der Waals surface area contributed by atoms with E-state index < -0.39 is 28.1 Å². The largest absolute Gasteiger partial charge is 0.433 e. The highest BCUT2D eigenvalue weighted by Gasteiger charge is 2.32. The lowest BCUT2D eigenvalue weighted by molar-refractivity contribution is -0.141. The minimum absolute atomic E-state index is 0.426. The summed E-state index contributed by atoms with van der Waals surface area (Å²) in [5, 5.41) is 7.83. The van der Waals surface area contributed by atoms with Gasteiger partial charge in [-0.25, -0.2) is 0 Å². The van der Waals surface area contributed by atoms with Crippen molar-refractivity contribution in [2.45, 2.75) is 24.8 Å². The van der Waals surface area contributed by atoms with E-state index in [2.05, 4.69) is 9.35 Å². The van der Waals surface area contributed by atoms with Crippen LogP contribution in [0, 0.1) is 11.5 Å². The Hall–Kier alpha value is -1.46. The highest BCUT2D eigenvalue weighted by molar-refractivity contribution is 7.82. The summed E-state index contributed by atoms with van der Waals surface area (Å²) >= 11 is 0. The van der Waals surface area contributed by atoms with Gasteiger partial charge in [0.25, 0.3) is 0 Å². The zero-order chi connectivity index (χ0) is 13.8. The first kappa shape index (κ1) is 14.6. The summed E-state index contributed by atoms with van der Waals surface area (Å²) in [7, 11) is -1.54. The van der Waals surface area contributed by atoms with Gasteiger partial charge in [0.05, 0.1) is 16.2 Å². The molecule has 0 spiro atoms. The molecule has 0 fully saturated rings. The van der Waals surface area contributed by atoms with Crippen LogP contribution in [0.25, 0.3) is 0 Å². The zero-order valence-electron chi connectivity index (χ0n) is 9.35. The Balaban J connectivity index is 3.04. The van der Waals surface area contributed by atoms with E-state index in [1.807, 2.05) is 0 Å². The van der Waals surface area contributed by atoms with Crippen LogP contribution in [0.1, 0.15) is 29.9 Å². The Kier molecular flexibility index (Phi) is 4.81. The van der Waals surface area contributed by atoms with Gasteiger partial charge in [-0.2, -0.15) is 18.4 Å². The first-order valence-electron chi connectivity index (χ1n) is 4.95. The van der Waals surface area contributed by atoms with E-state index in [1.54, 1.807) is 6.92 Å². The second-order valence-corrected chi connectivity index (χ2v) is 4.69. The lowest BCUT2D eigenvalue weighted by Crippen LogP contribution is -2.10. The average Bonchev–Trinajstić information content (AvgIpc) is 2.30. The van der Waals surface area contributed by atoms with Gasteiger partial charge in [-0.1, -0.05) is 13.0 Å². The molecule has 0 radical (unpaired) electrons. The molecular formula is C10H10F3N3OS. The predicted octanol–water partition coefficient (Wildman–Crippen LogP) is 3.31. The van der Waals surface area contributed by atoms with Gasteiger partial charge in [0, 0.05) is 6.20 Å². The number of halogens is 3. The molecular weight excluding hydrogens is 267 g/mol. The molecule has 0 saturated heterocycles. The van der Waals surface area contributed by atoms with E-state index in [1.165, 1.54) is 12.3 Å². The van der Waals surface area contributed by atoms with E-state index >= 15 is 0 Å². The van der Waals surface area contributed by atoms with Gasteiger partial charge in [0.15, 0.2) is 0 Å². The third-order valence-corrected chi connectivity index (χ3v) is 3.59. The molecule has 0 saturated carbocycles. The van der Waals surface area contributed by atoms with Gasteiger partial charge >= 0.3 is 6.18 Å². The van der Waals surface area contributed by atoms with Crippen LogP contribution in [-0.2, 0) is 17.1 Å². The Bertz CT molecular complexity index is 479. The highest BCUT2D eigenvalue weighted by Crippen LogP contribution is 2.29. The fourth-order valence-electron chi connectivity index (χ4n) is 1.38. The van der Waals surface area contributed by atoms with Crippen LogP contribution in [0.3, 0.4) is 0 Å². The van der Waals surface area contributed by atoms with Gasteiger partial charge in [0.1, 0.15) is 5.69 Å². The highest BCUT2D eigenvalue weighted by atomic mass is 32.2. The van der Waals surface area contributed by atoms with Crippen molar-refractivity contribution in [3.8, 4) is 6.19 Å². The van der Waals surface area contributed by atoms with E-state index in [0.29, 0.717) is 12.0 Å². The Morgan fingerprint density at radius 3 is 2.61 bits per heavy atom. The first-order valence-corrected chi connectivity index (χ1v) is 6.15. The van der Waals surface area contributed by atoms with Gasteiger partial charge in [-0.05, 0) is 18.1 Å². The number of nitrogens with zero attached hydrogens (tertiary/aromatic N) is 3. The van der Waals surface area contributed by atoms with Crippen LogP contribution in [-0.4, -0.2) is 9.54 Å². The number of nitriles is 1. The van der Waals surface area contributed by atoms with Crippen LogP contribution in [0.5, 0.6) is 0 Å². The van der Waals surface area contributed by atoms with Crippen molar-refractivity contribution in [3.05, 3.63) is 29.6 Å². The Morgan fingerprint density at radius 1 is 1.56 bits per heavy atom. The number of alkyl halides is 3. The molecule has 1 aromatic heterocycles. The molecule has 1 heterocycles. The number of aromatic nitrogens is 1. The van der Waals surface area contributed by atoms with Crippen LogP contribution < -0.4 is 0 Å². The fraction of sp³-hybridized carbons (Fsp3) is 0.400. The van der Waals surface area contributed by atoms with Crippen molar-refractivity contribution in [2.75, 3.05) is 0 Å². The van der Waals surface area contributed by atoms with E-state index in [4.69, 9.17) is 5.26 Å². The normalized spacial score (nSPS) is 15.1. The van der Waals surface area contributed by atoms with Crippen molar-refractivity contribution in [2.24, 2.45) is 4.36 Å². The molecule has 0 aliphatic heterocycles. The molecule has 8 heteroatoms. The van der Waals surface area contributed by atoms with Crippen molar-refractivity contribution >= 4 is 11.0 Å². The van der Waals surface area contributed by atoms with E-state index in [0.717, 1.165) is 12.3 Å². The fourth-order valence-corrected chi connectivity index (χ4v) is 2.27. The van der Waals surface area contributed by atoms with Crippen molar-refractivity contribution < 1.29 is 17.7 Å². The summed E-state index contributed by atoms with van der Waals surface area (Å²) in [5.74, 6) is 0. The van der Waals surface area contributed by atoms with E-state index in [9.17, 15) is 17.7 Å². The Morgan fingerprint density at radius 2 is 2.22 bits per heavy atom. The van der Waals surface area contributed by atoms with Gasteiger partial charge < -0.3 is 4.55 Å². The summed E-state index contributed by atoms with van der Waals surface area (Å²) in [5.41, 5.74) is -0.563. The van der Waals surface area contributed by atoms with Crippen molar-refractivity contribution in [1.29, 1.82) is 5.26 Å². The Labute approximate surface area is 104 Å². The van der Waals surface area contributed by atoms with Crippen LogP contribution in [0.15, 0.2) is 22.7 Å². The SMILES string of the molecule is CCC(c1ccc(C(F)(F)F)nc1)S(O)=NC#N. The summed E-state index contributed by atoms with van der Waals surface area (Å²) < 4.78 is 49.8. The molecule has 1 N–H and O–H groups in total. The maximum atomic E-state index is 12.3. The third kappa shape index (κ3) is 3.51. The minimum atomic E-state index is -4.49. The number of hydrogen-bond acceptors (Lipinski definition) is 3. The molecule has 18 heavy (non-hydrogen) atoms. The van der Waals surface area contributed by atoms with Crippen LogP contribution in [0.4, 0.5) is 13.2 Å². The smallest absolute Gasteiger partial charge is 0.320 e. The molecule has 98 valence electrons. The number of pyridine rings is 1. The molecule has 0 aliphatic carbocycles. The van der Waals surface area contributed by atoms with Gasteiger partial charge in [0.2, 0.25) is 6.19 Å². The first-order chi connectivity index (χ1) is 8.40. The second kappa shape index (κ2) is 5.93. The molecule has 2 atom stereocenters. The quantitative estimate of drug-likeness (QED) is 0.862. The summed E-state index contributed by atoms with van der Waals surface area (Å²) in [4.78, 5) is 3.31. The average molecular weight is 277 g/mol. The number of rotatable bonds is 3. The molecule has 0 amide bonds. The summed E-state index contributed by atoms with van der Waals surface area (Å²) in [6.45, 7) is 1.74. The van der Waals surface area contributed by atoms with E-state index in [-0.39, 0.29) is 0 Å². The minimum Gasteiger partial charge on any atom is -0.320 e. The number of hydrogen-bond donors (Lipinski definition) is 1. The lowest BCUT2D eigenvalue weighted by atomic mass is 10.1. The van der Waals surface area contributed by atoms with Gasteiger partial charge in [-0.15, -0.1) is 4.36 Å². The molecule has 4 nitrogen and oxygen atoms in total. The van der Waals surface area contributed by atoms with Crippen LogP contribution in [0.2, 0.25) is 0 Å².